The number of hydrogen-bond donors (Lipinski definition) is 2. The molecule has 3 rings (SSSR count). The molecule has 7 heteroatoms. The summed E-state index contributed by atoms with van der Waals surface area (Å²) in [5, 5.41) is 14.9. The van der Waals surface area contributed by atoms with Gasteiger partial charge in [-0.15, -0.1) is 0 Å². The molecule has 0 aliphatic heterocycles. The molecule has 0 saturated heterocycles. The van der Waals surface area contributed by atoms with Gasteiger partial charge in [0.1, 0.15) is 5.82 Å². The fourth-order valence-corrected chi connectivity index (χ4v) is 2.74. The Hall–Kier alpha value is -4.05. The van der Waals surface area contributed by atoms with E-state index in [9.17, 15) is 4.79 Å². The van der Waals surface area contributed by atoms with Crippen LogP contribution in [0.25, 0.3) is 0 Å². The van der Waals surface area contributed by atoms with E-state index in [1.807, 2.05) is 12.1 Å². The molecule has 0 radical (unpaired) electrons. The van der Waals surface area contributed by atoms with Gasteiger partial charge in [0.05, 0.1) is 44.2 Å². The van der Waals surface area contributed by atoms with Crippen molar-refractivity contribution >= 4 is 23.1 Å². The minimum atomic E-state index is -0.165. The van der Waals surface area contributed by atoms with Crippen LogP contribution in [0.15, 0.2) is 60.8 Å². The van der Waals surface area contributed by atoms with Crippen LogP contribution >= 0.6 is 0 Å². The quantitative estimate of drug-likeness (QED) is 0.637. The van der Waals surface area contributed by atoms with Gasteiger partial charge in [-0.2, -0.15) is 5.26 Å². The molecule has 2 aromatic carbocycles. The second kappa shape index (κ2) is 9.24. The van der Waals surface area contributed by atoms with Gasteiger partial charge in [-0.25, -0.2) is 4.98 Å². The summed E-state index contributed by atoms with van der Waals surface area (Å²) in [6.07, 6.45) is 1.77. The summed E-state index contributed by atoms with van der Waals surface area (Å²) in [4.78, 5) is 16.6. The van der Waals surface area contributed by atoms with Crippen molar-refractivity contribution in [2.45, 2.75) is 6.42 Å². The van der Waals surface area contributed by atoms with Crippen molar-refractivity contribution in [2.24, 2.45) is 0 Å². The Morgan fingerprint density at radius 3 is 2.55 bits per heavy atom. The van der Waals surface area contributed by atoms with Crippen LogP contribution in [0.2, 0.25) is 0 Å². The summed E-state index contributed by atoms with van der Waals surface area (Å²) >= 11 is 0. The number of amides is 1. The van der Waals surface area contributed by atoms with Crippen molar-refractivity contribution in [1.82, 2.24) is 4.98 Å². The number of rotatable bonds is 7. The van der Waals surface area contributed by atoms with Gasteiger partial charge < -0.3 is 20.1 Å². The monoisotopic (exact) mass is 388 g/mol. The third kappa shape index (κ3) is 5.23. The fourth-order valence-electron chi connectivity index (χ4n) is 2.74. The van der Waals surface area contributed by atoms with Gasteiger partial charge in [-0.1, -0.05) is 12.1 Å². The van der Waals surface area contributed by atoms with E-state index in [0.717, 1.165) is 11.3 Å². The molecule has 0 bridgehead atoms. The first-order chi connectivity index (χ1) is 14.1. The lowest BCUT2D eigenvalue weighted by Gasteiger charge is -2.10. The fraction of sp³-hybridized carbons (Fsp3) is 0.136. The SMILES string of the molecule is COc1ccc(CC(=O)Nc2ccc(Nc3cccc(C#N)c3)nc2)cc1OC. The zero-order chi connectivity index (χ0) is 20.6. The molecule has 1 aromatic heterocycles. The van der Waals surface area contributed by atoms with Crippen molar-refractivity contribution in [2.75, 3.05) is 24.9 Å². The highest BCUT2D eigenvalue weighted by Crippen LogP contribution is 2.27. The van der Waals surface area contributed by atoms with Crippen LogP contribution in [0.3, 0.4) is 0 Å². The topological polar surface area (TPSA) is 96.3 Å². The van der Waals surface area contributed by atoms with Gasteiger partial charge in [0.25, 0.3) is 0 Å². The molecule has 0 aliphatic carbocycles. The lowest BCUT2D eigenvalue weighted by Crippen LogP contribution is -2.14. The van der Waals surface area contributed by atoms with Crippen LogP contribution in [-0.2, 0) is 11.2 Å². The van der Waals surface area contributed by atoms with Crippen molar-refractivity contribution in [3.63, 3.8) is 0 Å². The van der Waals surface area contributed by atoms with Crippen LogP contribution in [0.4, 0.5) is 17.2 Å². The van der Waals surface area contributed by atoms with Crippen molar-refractivity contribution in [3.8, 4) is 17.6 Å². The number of nitrogens with one attached hydrogen (secondary N) is 2. The standard InChI is InChI=1S/C22H20N4O3/c1-28-19-8-6-15(11-20(19)29-2)12-22(27)26-18-7-9-21(24-14-18)25-17-5-3-4-16(10-17)13-23/h3-11,14H,12H2,1-2H3,(H,24,25)(H,26,27). The van der Waals surface area contributed by atoms with E-state index in [1.54, 1.807) is 62.9 Å². The smallest absolute Gasteiger partial charge is 0.228 e. The molecule has 0 spiro atoms. The molecule has 0 saturated carbocycles. The third-order valence-electron chi connectivity index (χ3n) is 4.12. The Morgan fingerprint density at radius 1 is 1.03 bits per heavy atom. The molecule has 1 amide bonds. The number of carbonyl (C=O) groups is 1. The Labute approximate surface area is 168 Å². The number of anilines is 3. The molecule has 146 valence electrons. The molecule has 0 atom stereocenters. The first-order valence-electron chi connectivity index (χ1n) is 8.85. The maximum atomic E-state index is 12.3. The predicted molar refractivity (Wildman–Crippen MR) is 111 cm³/mol. The molecule has 0 unspecified atom stereocenters. The predicted octanol–water partition coefficient (Wildman–Crippen LogP) is 3.90. The van der Waals surface area contributed by atoms with Crippen LogP contribution in [0.5, 0.6) is 11.5 Å². The van der Waals surface area contributed by atoms with Crippen LogP contribution in [0.1, 0.15) is 11.1 Å². The molecule has 0 aliphatic rings. The number of nitriles is 1. The molecule has 7 nitrogen and oxygen atoms in total. The number of pyridine rings is 1. The van der Waals surface area contributed by atoms with Crippen molar-refractivity contribution < 1.29 is 14.3 Å². The number of nitrogens with zero attached hydrogens (tertiary/aromatic N) is 2. The minimum absolute atomic E-state index is 0.165. The Kier molecular flexibility index (Phi) is 6.28. The van der Waals surface area contributed by atoms with Gasteiger partial charge in [-0.3, -0.25) is 4.79 Å². The molecule has 2 N–H and O–H groups in total. The van der Waals surface area contributed by atoms with E-state index in [-0.39, 0.29) is 12.3 Å². The molecular formula is C22H20N4O3. The summed E-state index contributed by atoms with van der Waals surface area (Å²) in [7, 11) is 3.12. The Bertz CT molecular complexity index is 1040. The number of carbonyl (C=O) groups excluding carboxylic acids is 1. The zero-order valence-electron chi connectivity index (χ0n) is 16.1. The summed E-state index contributed by atoms with van der Waals surface area (Å²) in [5.41, 5.74) is 2.73. The maximum Gasteiger partial charge on any atom is 0.228 e. The highest BCUT2D eigenvalue weighted by molar-refractivity contribution is 5.92. The largest absolute Gasteiger partial charge is 0.493 e. The lowest BCUT2D eigenvalue weighted by molar-refractivity contribution is -0.115. The minimum Gasteiger partial charge on any atom is -0.493 e. The summed E-state index contributed by atoms with van der Waals surface area (Å²) < 4.78 is 10.5. The number of methoxy groups -OCH3 is 2. The summed E-state index contributed by atoms with van der Waals surface area (Å²) in [6.45, 7) is 0. The normalized spacial score (nSPS) is 9.97. The van der Waals surface area contributed by atoms with Crippen LogP contribution in [0, 0.1) is 11.3 Å². The van der Waals surface area contributed by atoms with E-state index >= 15 is 0 Å². The van der Waals surface area contributed by atoms with E-state index in [0.29, 0.717) is 28.6 Å². The highest BCUT2D eigenvalue weighted by Gasteiger charge is 2.09. The van der Waals surface area contributed by atoms with Gasteiger partial charge in [0.15, 0.2) is 11.5 Å². The average Bonchev–Trinajstić information content (AvgIpc) is 2.75. The maximum absolute atomic E-state index is 12.3. The van der Waals surface area contributed by atoms with Crippen LogP contribution in [-0.4, -0.2) is 25.1 Å². The third-order valence-corrected chi connectivity index (χ3v) is 4.12. The molecule has 0 fully saturated rings. The number of aromatic nitrogens is 1. The van der Waals surface area contributed by atoms with E-state index in [4.69, 9.17) is 14.7 Å². The number of benzene rings is 2. The van der Waals surface area contributed by atoms with Crippen molar-refractivity contribution in [3.05, 3.63) is 71.9 Å². The van der Waals surface area contributed by atoms with E-state index in [1.165, 1.54) is 0 Å². The van der Waals surface area contributed by atoms with Gasteiger partial charge in [0, 0.05) is 5.69 Å². The Morgan fingerprint density at radius 2 is 1.86 bits per heavy atom. The molecular weight excluding hydrogens is 368 g/mol. The summed E-state index contributed by atoms with van der Waals surface area (Å²) in [6, 6.07) is 18.1. The van der Waals surface area contributed by atoms with Crippen LogP contribution < -0.4 is 20.1 Å². The average molecular weight is 388 g/mol. The number of hydrogen-bond acceptors (Lipinski definition) is 6. The number of ether oxygens (including phenoxy) is 2. The molecule has 29 heavy (non-hydrogen) atoms. The second-order valence-electron chi connectivity index (χ2n) is 6.16. The molecule has 3 aromatic rings. The van der Waals surface area contributed by atoms with Gasteiger partial charge in [0.2, 0.25) is 5.91 Å². The Balaban J connectivity index is 1.60. The second-order valence-corrected chi connectivity index (χ2v) is 6.16. The van der Waals surface area contributed by atoms with E-state index < -0.39 is 0 Å². The summed E-state index contributed by atoms with van der Waals surface area (Å²) in [5.74, 6) is 1.64. The van der Waals surface area contributed by atoms with E-state index in [2.05, 4.69) is 21.7 Å². The highest BCUT2D eigenvalue weighted by atomic mass is 16.5. The zero-order valence-corrected chi connectivity index (χ0v) is 16.1. The van der Waals surface area contributed by atoms with Gasteiger partial charge in [-0.05, 0) is 48.0 Å². The lowest BCUT2D eigenvalue weighted by atomic mass is 10.1. The van der Waals surface area contributed by atoms with Crippen molar-refractivity contribution in [1.29, 1.82) is 5.26 Å². The molecule has 1 heterocycles. The first kappa shape index (κ1) is 19.7. The first-order valence-corrected chi connectivity index (χ1v) is 8.85. The van der Waals surface area contributed by atoms with Gasteiger partial charge >= 0.3 is 0 Å².